The molecule has 1 N–H and O–H groups in total. The second-order valence-electron chi connectivity index (χ2n) is 9.41. The van der Waals surface area contributed by atoms with Crippen LogP contribution in [0.5, 0.6) is 0 Å². The summed E-state index contributed by atoms with van der Waals surface area (Å²) in [5.74, 6) is -0.0470. The van der Waals surface area contributed by atoms with Gasteiger partial charge in [-0.15, -0.1) is 11.3 Å². The molecule has 5 rings (SSSR count). The Morgan fingerprint density at radius 1 is 1.16 bits per heavy atom. The fourth-order valence-corrected chi connectivity index (χ4v) is 6.12. The standard InChI is InChI=1S/C26H31N3O2S/c1-26(25(31)27-20-12-6-3-7-13-20)18-28-21-14-16-32-23(21)17-22(28)24(30)29(26)15-8-11-19-9-4-2-5-10-19/h2,4-5,9-10,14,16-17,20H,3,6-8,11-13,15,18H2,1H3,(H,27,31). The Balaban J connectivity index is 1.42. The highest BCUT2D eigenvalue weighted by Crippen LogP contribution is 2.35. The van der Waals surface area contributed by atoms with Crippen molar-refractivity contribution in [2.24, 2.45) is 0 Å². The van der Waals surface area contributed by atoms with Crippen LogP contribution in [0.2, 0.25) is 0 Å². The van der Waals surface area contributed by atoms with E-state index in [-0.39, 0.29) is 17.9 Å². The molecule has 6 heteroatoms. The van der Waals surface area contributed by atoms with E-state index in [1.54, 1.807) is 11.3 Å². The first kappa shape index (κ1) is 21.3. The normalized spacial score (nSPS) is 21.7. The van der Waals surface area contributed by atoms with Crippen LogP contribution in [-0.4, -0.2) is 39.4 Å². The van der Waals surface area contributed by atoms with Gasteiger partial charge in [0.2, 0.25) is 5.91 Å². The number of aryl methyl sites for hydroxylation is 1. The smallest absolute Gasteiger partial charge is 0.271 e. The fourth-order valence-electron chi connectivity index (χ4n) is 5.30. The van der Waals surface area contributed by atoms with Gasteiger partial charge in [-0.3, -0.25) is 9.59 Å². The van der Waals surface area contributed by atoms with Crippen LogP contribution in [0, 0.1) is 0 Å². The molecule has 0 radical (unpaired) electrons. The van der Waals surface area contributed by atoms with Crippen LogP contribution in [0.15, 0.2) is 47.8 Å². The van der Waals surface area contributed by atoms with E-state index < -0.39 is 5.54 Å². The number of thiophene rings is 1. The number of hydrogen-bond acceptors (Lipinski definition) is 3. The van der Waals surface area contributed by atoms with Gasteiger partial charge in [-0.1, -0.05) is 49.6 Å². The van der Waals surface area contributed by atoms with Crippen LogP contribution in [0.4, 0.5) is 0 Å². The van der Waals surface area contributed by atoms with Gasteiger partial charge < -0.3 is 14.8 Å². The Bertz CT molecular complexity index is 1110. The molecule has 1 aromatic carbocycles. The van der Waals surface area contributed by atoms with E-state index in [9.17, 15) is 9.59 Å². The summed E-state index contributed by atoms with van der Waals surface area (Å²) in [5, 5.41) is 5.36. The average molecular weight is 450 g/mol. The van der Waals surface area contributed by atoms with E-state index in [4.69, 9.17) is 0 Å². The van der Waals surface area contributed by atoms with Gasteiger partial charge in [0, 0.05) is 12.6 Å². The van der Waals surface area contributed by atoms with E-state index in [0.717, 1.165) is 35.9 Å². The summed E-state index contributed by atoms with van der Waals surface area (Å²) < 4.78 is 3.16. The molecule has 3 heterocycles. The van der Waals surface area contributed by atoms with Crippen molar-refractivity contribution in [3.05, 3.63) is 59.1 Å². The SMILES string of the molecule is CC1(C(=O)NC2CCCCC2)Cn2c(cc3sccc32)C(=O)N1CCCc1ccccc1. The van der Waals surface area contributed by atoms with Crippen molar-refractivity contribution < 1.29 is 9.59 Å². The van der Waals surface area contributed by atoms with Crippen molar-refractivity contribution >= 4 is 33.4 Å². The number of amides is 2. The average Bonchev–Trinajstić information content (AvgIpc) is 3.40. The first-order valence-corrected chi connectivity index (χ1v) is 12.7. The molecular weight excluding hydrogens is 418 g/mol. The number of carbonyl (C=O) groups is 2. The van der Waals surface area contributed by atoms with Crippen molar-refractivity contribution in [2.75, 3.05) is 6.54 Å². The maximum Gasteiger partial charge on any atom is 0.271 e. The van der Waals surface area contributed by atoms with E-state index in [0.29, 0.717) is 18.8 Å². The topological polar surface area (TPSA) is 54.3 Å². The van der Waals surface area contributed by atoms with Crippen LogP contribution >= 0.6 is 11.3 Å². The third-order valence-corrected chi connectivity index (χ3v) is 8.02. The van der Waals surface area contributed by atoms with Gasteiger partial charge in [-0.05, 0) is 55.7 Å². The Morgan fingerprint density at radius 2 is 1.94 bits per heavy atom. The third kappa shape index (κ3) is 3.85. The molecule has 1 unspecified atom stereocenters. The number of aromatic nitrogens is 1. The zero-order chi connectivity index (χ0) is 22.1. The van der Waals surface area contributed by atoms with E-state index in [1.807, 2.05) is 41.5 Å². The molecule has 1 aliphatic carbocycles. The van der Waals surface area contributed by atoms with Crippen LogP contribution in [-0.2, 0) is 17.8 Å². The molecule has 5 nitrogen and oxygen atoms in total. The maximum absolute atomic E-state index is 13.7. The summed E-state index contributed by atoms with van der Waals surface area (Å²) in [6.07, 6.45) is 7.37. The van der Waals surface area contributed by atoms with Crippen LogP contribution in [0.3, 0.4) is 0 Å². The van der Waals surface area contributed by atoms with Crippen LogP contribution in [0.25, 0.3) is 10.2 Å². The zero-order valence-corrected chi connectivity index (χ0v) is 19.5. The molecule has 1 aliphatic heterocycles. The molecule has 2 amide bonds. The molecule has 1 fully saturated rings. The molecule has 1 saturated carbocycles. The molecule has 0 saturated heterocycles. The van der Waals surface area contributed by atoms with Gasteiger partial charge in [0.25, 0.3) is 5.91 Å². The van der Waals surface area contributed by atoms with Crippen molar-refractivity contribution in [1.82, 2.24) is 14.8 Å². The molecule has 2 aliphatic rings. The highest BCUT2D eigenvalue weighted by molar-refractivity contribution is 7.17. The van der Waals surface area contributed by atoms with Crippen molar-refractivity contribution in [2.45, 2.75) is 70.0 Å². The minimum absolute atomic E-state index is 0.0137. The summed E-state index contributed by atoms with van der Waals surface area (Å²) in [6.45, 7) is 3.02. The number of nitrogens with zero attached hydrogens (tertiary/aromatic N) is 2. The summed E-state index contributed by atoms with van der Waals surface area (Å²) in [7, 11) is 0. The first-order valence-electron chi connectivity index (χ1n) is 11.8. The number of benzene rings is 1. The Hall–Kier alpha value is -2.60. The zero-order valence-electron chi connectivity index (χ0n) is 18.7. The van der Waals surface area contributed by atoms with E-state index >= 15 is 0 Å². The molecule has 1 atom stereocenters. The molecule has 2 aromatic heterocycles. The lowest BCUT2D eigenvalue weighted by Gasteiger charge is -2.45. The number of fused-ring (bicyclic) bond motifs is 3. The minimum atomic E-state index is -0.897. The highest BCUT2D eigenvalue weighted by atomic mass is 32.1. The first-order chi connectivity index (χ1) is 15.6. The highest BCUT2D eigenvalue weighted by Gasteiger charge is 2.47. The van der Waals surface area contributed by atoms with Gasteiger partial charge in [0.15, 0.2) is 0 Å². The molecule has 3 aromatic rings. The lowest BCUT2D eigenvalue weighted by Crippen LogP contribution is -2.65. The largest absolute Gasteiger partial charge is 0.351 e. The Kier molecular flexibility index (Phi) is 5.80. The third-order valence-electron chi connectivity index (χ3n) is 7.17. The van der Waals surface area contributed by atoms with E-state index in [1.165, 1.54) is 24.8 Å². The Morgan fingerprint density at radius 3 is 2.72 bits per heavy atom. The summed E-state index contributed by atoms with van der Waals surface area (Å²) in [6, 6.07) is 14.6. The maximum atomic E-state index is 13.7. The molecule has 0 spiro atoms. The summed E-state index contributed by atoms with van der Waals surface area (Å²) in [4.78, 5) is 29.2. The lowest BCUT2D eigenvalue weighted by molar-refractivity contribution is -0.133. The van der Waals surface area contributed by atoms with Gasteiger partial charge >= 0.3 is 0 Å². The number of hydrogen-bond donors (Lipinski definition) is 1. The van der Waals surface area contributed by atoms with Crippen LogP contribution < -0.4 is 5.32 Å². The predicted octanol–water partition coefficient (Wildman–Crippen LogP) is 5.00. The van der Waals surface area contributed by atoms with Crippen molar-refractivity contribution in [1.29, 1.82) is 0 Å². The summed E-state index contributed by atoms with van der Waals surface area (Å²) >= 11 is 1.64. The van der Waals surface area contributed by atoms with Crippen molar-refractivity contribution in [3.63, 3.8) is 0 Å². The minimum Gasteiger partial charge on any atom is -0.351 e. The fraction of sp³-hybridized carbons (Fsp3) is 0.462. The second kappa shape index (κ2) is 8.74. The molecule has 0 bridgehead atoms. The van der Waals surface area contributed by atoms with Gasteiger partial charge in [-0.25, -0.2) is 0 Å². The lowest BCUT2D eigenvalue weighted by atomic mass is 9.91. The van der Waals surface area contributed by atoms with Gasteiger partial charge in [0.05, 0.1) is 16.8 Å². The predicted molar refractivity (Wildman–Crippen MR) is 129 cm³/mol. The number of rotatable bonds is 6. The van der Waals surface area contributed by atoms with Crippen LogP contribution in [0.1, 0.15) is 61.5 Å². The van der Waals surface area contributed by atoms with Gasteiger partial charge in [-0.2, -0.15) is 0 Å². The molecule has 32 heavy (non-hydrogen) atoms. The van der Waals surface area contributed by atoms with Gasteiger partial charge in [0.1, 0.15) is 11.2 Å². The monoisotopic (exact) mass is 449 g/mol. The number of nitrogens with one attached hydrogen (secondary N) is 1. The molecule has 168 valence electrons. The van der Waals surface area contributed by atoms with Crippen molar-refractivity contribution in [3.8, 4) is 0 Å². The number of carbonyl (C=O) groups excluding carboxylic acids is 2. The summed E-state index contributed by atoms with van der Waals surface area (Å²) in [5.41, 5.74) is 2.12. The Labute approximate surface area is 193 Å². The molecular formula is C26H31N3O2S. The second-order valence-corrected chi connectivity index (χ2v) is 10.4. The van der Waals surface area contributed by atoms with E-state index in [2.05, 4.69) is 28.1 Å². The quantitative estimate of drug-likeness (QED) is 0.576.